The monoisotopic (exact) mass is 677 g/mol. The summed E-state index contributed by atoms with van der Waals surface area (Å²) in [6, 6.07) is 0. The van der Waals surface area contributed by atoms with E-state index in [1.165, 1.54) is 62.0 Å². The van der Waals surface area contributed by atoms with E-state index in [1.807, 2.05) is 0 Å². The fourth-order valence-corrected chi connectivity index (χ4v) is 3.19. The molecule has 0 aromatic carbocycles. The molecular weight excluding hydrogens is 621 g/mol. The van der Waals surface area contributed by atoms with Crippen LogP contribution in [0.2, 0.25) is 0 Å². The Morgan fingerprint density at radius 1 is 0.787 bits per heavy atom. The largest absolute Gasteiger partial charge is 1.00 e. The minimum Gasteiger partial charge on any atom is -0.550 e. The number of nitrogens with zero attached hydrogens (tertiary/aromatic N) is 1. The molecule has 0 aromatic heterocycles. The van der Waals surface area contributed by atoms with Gasteiger partial charge < -0.3 is 30.8 Å². The minimum atomic E-state index is -1.11. The first-order chi connectivity index (χ1) is 21.4. The third kappa shape index (κ3) is 42.9. The predicted molar refractivity (Wildman–Crippen MR) is 175 cm³/mol. The number of hydrogen-bond donors (Lipinski definition) is 3. The second kappa shape index (κ2) is 39.1. The van der Waals surface area contributed by atoms with Crippen molar-refractivity contribution >= 4 is 41.6 Å². The van der Waals surface area contributed by atoms with Crippen molar-refractivity contribution < 1.29 is 78.1 Å². The van der Waals surface area contributed by atoms with Crippen molar-refractivity contribution in [1.29, 1.82) is 0 Å². The van der Waals surface area contributed by atoms with Gasteiger partial charge in [0.15, 0.2) is 0 Å². The van der Waals surface area contributed by atoms with E-state index >= 15 is 0 Å². The van der Waals surface area contributed by atoms with E-state index in [1.54, 1.807) is 0 Å². The average Bonchev–Trinajstić information content (AvgIpc) is 3.52. The number of ether oxygens (including phenoxy) is 1. The quantitative estimate of drug-likeness (QED) is 0.0507. The molecule has 47 heavy (non-hydrogen) atoms. The maximum atomic E-state index is 11.1. The number of cyclic esters (lactones) is 2. The van der Waals surface area contributed by atoms with E-state index in [0.717, 1.165) is 69.9 Å². The Kier molecular flexibility index (Phi) is 44.3. The maximum absolute atomic E-state index is 11.1. The molecule has 0 unspecified atom stereocenters. The molecule has 0 saturated heterocycles. The predicted octanol–water partition coefficient (Wildman–Crippen LogP) is 0.363. The zero-order valence-corrected chi connectivity index (χ0v) is 30.2. The summed E-state index contributed by atoms with van der Waals surface area (Å²) in [6.45, 7) is 9.48. The van der Waals surface area contributed by atoms with Crippen molar-refractivity contribution in [2.45, 2.75) is 112 Å². The van der Waals surface area contributed by atoms with E-state index in [-0.39, 0.29) is 54.7 Å². The van der Waals surface area contributed by atoms with Crippen LogP contribution in [0.1, 0.15) is 112 Å². The van der Waals surface area contributed by atoms with Crippen LogP contribution in [0.3, 0.4) is 0 Å². The Morgan fingerprint density at radius 2 is 1.21 bits per heavy atom. The van der Waals surface area contributed by atoms with Gasteiger partial charge in [0.1, 0.15) is 0 Å². The SMILES string of the molecule is C.CC(=O)[O-].CCCCCCN.CCCCCCN1C(=O)C=CC1=O.CCCCCCNC(=O)/C=C\C(=O)O.O=C1C=CC(=O)O1.[Na+]. The molecule has 3 amide bonds. The number of esters is 2. The molecule has 2 rings (SSSR count). The normalized spacial score (nSPS) is 12.1. The number of amides is 3. The van der Waals surface area contributed by atoms with Gasteiger partial charge in [-0.05, 0) is 32.7 Å². The van der Waals surface area contributed by atoms with Crippen molar-refractivity contribution in [2.24, 2.45) is 5.73 Å². The van der Waals surface area contributed by atoms with Gasteiger partial charge in [-0.25, -0.2) is 14.4 Å². The minimum absolute atomic E-state index is 0. The molecule has 0 atom stereocenters. The van der Waals surface area contributed by atoms with Gasteiger partial charge in [-0.2, -0.15) is 0 Å². The Balaban J connectivity index is -0.000000164. The number of aliphatic carboxylic acids is 2. The van der Waals surface area contributed by atoms with Crippen LogP contribution < -0.4 is 45.7 Å². The van der Waals surface area contributed by atoms with Crippen LogP contribution in [0.5, 0.6) is 0 Å². The molecule has 13 nitrogen and oxygen atoms in total. The van der Waals surface area contributed by atoms with Crippen LogP contribution >= 0.6 is 0 Å². The third-order valence-corrected chi connectivity index (χ3v) is 5.46. The Morgan fingerprint density at radius 3 is 1.57 bits per heavy atom. The van der Waals surface area contributed by atoms with Crippen LogP contribution in [-0.2, 0) is 38.3 Å². The van der Waals surface area contributed by atoms with E-state index in [2.05, 4.69) is 30.8 Å². The van der Waals surface area contributed by atoms with Gasteiger partial charge in [-0.3, -0.25) is 19.3 Å². The summed E-state index contributed by atoms with van der Waals surface area (Å²) >= 11 is 0. The number of carbonyl (C=O) groups is 7. The maximum Gasteiger partial charge on any atom is 1.00 e. The van der Waals surface area contributed by atoms with Gasteiger partial charge in [0.05, 0.1) is 0 Å². The van der Waals surface area contributed by atoms with Crippen LogP contribution in [0.25, 0.3) is 0 Å². The summed E-state index contributed by atoms with van der Waals surface area (Å²) in [4.78, 5) is 73.1. The molecule has 4 N–H and O–H groups in total. The third-order valence-electron chi connectivity index (χ3n) is 5.46. The van der Waals surface area contributed by atoms with Gasteiger partial charge in [-0.1, -0.05) is 86.0 Å². The summed E-state index contributed by atoms with van der Waals surface area (Å²) in [6.07, 6.45) is 20.6. The zero-order valence-electron chi connectivity index (χ0n) is 28.2. The number of carboxylic acids is 2. The summed E-state index contributed by atoms with van der Waals surface area (Å²) in [5, 5.41) is 19.7. The fraction of sp³-hybridized carbons (Fsp3) is 0.606. The van der Waals surface area contributed by atoms with Gasteiger partial charge in [0.25, 0.3) is 11.8 Å². The molecule has 0 aliphatic carbocycles. The molecule has 0 bridgehead atoms. The van der Waals surface area contributed by atoms with Crippen LogP contribution in [-0.4, -0.2) is 71.2 Å². The Labute approximate surface area is 302 Å². The molecule has 0 fully saturated rings. The van der Waals surface area contributed by atoms with Crippen LogP contribution in [0, 0.1) is 0 Å². The van der Waals surface area contributed by atoms with Crippen molar-refractivity contribution in [1.82, 2.24) is 10.2 Å². The van der Waals surface area contributed by atoms with Gasteiger partial charge in [0.2, 0.25) is 5.91 Å². The van der Waals surface area contributed by atoms with Crippen molar-refractivity contribution in [3.8, 4) is 0 Å². The van der Waals surface area contributed by atoms with E-state index in [4.69, 9.17) is 20.7 Å². The Bertz CT molecular complexity index is 940. The Hall–Kier alpha value is -3.13. The van der Waals surface area contributed by atoms with Crippen molar-refractivity contribution in [2.75, 3.05) is 19.6 Å². The standard InChI is InChI=1S/C10H17NO3.C10H15NO2.C6H15N.C4H2O3.C2H4O2.CH4.Na/c1-2-3-4-5-8-11-9(12)6-7-10(13)14;1-2-3-4-5-8-11-9(12)6-7-10(11)13;1-2-3-4-5-6-7;5-3-1-2-4(6)7-3;1-2(3)4;;/h6-7H,2-5,8H2,1H3,(H,11,12)(H,13,14);6-7H,2-5,8H2,1H3;2-7H2,1H3;1-2H;1H3,(H,3,4);1H4;/q;;;;;;+1/p-1/b7-6-;;;;;;. The summed E-state index contributed by atoms with van der Waals surface area (Å²) in [5.74, 6) is -4.02. The van der Waals surface area contributed by atoms with E-state index in [0.29, 0.717) is 13.1 Å². The molecule has 2 heterocycles. The first-order valence-corrected chi connectivity index (χ1v) is 15.4. The molecule has 2 aliphatic rings. The van der Waals surface area contributed by atoms with Crippen LogP contribution in [0.15, 0.2) is 36.5 Å². The molecule has 0 radical (unpaired) electrons. The number of imide groups is 1. The average molecular weight is 678 g/mol. The summed E-state index contributed by atoms with van der Waals surface area (Å²) < 4.78 is 3.97. The number of nitrogens with two attached hydrogens (primary N) is 1. The summed E-state index contributed by atoms with van der Waals surface area (Å²) in [5.41, 5.74) is 5.27. The van der Waals surface area contributed by atoms with Gasteiger partial charge in [0, 0.05) is 55.5 Å². The molecule has 0 saturated carbocycles. The number of carboxylic acid groups (broad SMARTS) is 2. The number of nitrogens with one attached hydrogen (secondary N) is 1. The summed E-state index contributed by atoms with van der Waals surface area (Å²) in [7, 11) is 0. The van der Waals surface area contributed by atoms with Crippen molar-refractivity contribution in [3.63, 3.8) is 0 Å². The molecule has 0 aromatic rings. The smallest absolute Gasteiger partial charge is 0.550 e. The fourth-order valence-electron chi connectivity index (χ4n) is 3.19. The molecule has 264 valence electrons. The topological polar surface area (TPSA) is 213 Å². The molecule has 14 heteroatoms. The first-order valence-electron chi connectivity index (χ1n) is 15.4. The van der Waals surface area contributed by atoms with Crippen LogP contribution in [0.4, 0.5) is 0 Å². The number of hydrogen-bond acceptors (Lipinski definition) is 10. The number of carbonyl (C=O) groups excluding carboxylic acids is 6. The second-order valence-corrected chi connectivity index (χ2v) is 9.66. The second-order valence-electron chi connectivity index (χ2n) is 9.66. The zero-order chi connectivity index (χ0) is 34.9. The van der Waals surface area contributed by atoms with Crippen molar-refractivity contribution in [3.05, 3.63) is 36.5 Å². The molecule has 2 aliphatic heterocycles. The number of rotatable bonds is 16. The van der Waals surface area contributed by atoms with E-state index in [9.17, 15) is 28.8 Å². The molecular formula is C33H56N3NaO10. The van der Waals surface area contributed by atoms with Gasteiger partial charge in [-0.15, -0.1) is 0 Å². The number of unbranched alkanes of at least 4 members (excludes halogenated alkanes) is 9. The molecule has 0 spiro atoms. The van der Waals surface area contributed by atoms with E-state index < -0.39 is 23.9 Å². The van der Waals surface area contributed by atoms with Gasteiger partial charge >= 0.3 is 47.5 Å². The first kappa shape index (κ1) is 53.4.